The molecule has 3 aromatic rings. The molecule has 1 aromatic carbocycles. The smallest absolute Gasteiger partial charge is 0.261 e. The monoisotopic (exact) mass is 365 g/mol. The SMILES string of the molecule is CCCOc1c(C)ccc2cc(C(=O)NCCc3ccncc3)c(=O)[nH]c12. The molecule has 27 heavy (non-hydrogen) atoms. The van der Waals surface area contributed by atoms with Gasteiger partial charge in [-0.3, -0.25) is 14.6 Å². The van der Waals surface area contributed by atoms with E-state index in [4.69, 9.17) is 4.74 Å². The number of nitrogens with zero attached hydrogens (tertiary/aromatic N) is 1. The Morgan fingerprint density at radius 1 is 1.22 bits per heavy atom. The van der Waals surface area contributed by atoms with Crippen molar-refractivity contribution in [2.24, 2.45) is 0 Å². The van der Waals surface area contributed by atoms with Gasteiger partial charge in [0.05, 0.1) is 12.1 Å². The minimum atomic E-state index is -0.421. The van der Waals surface area contributed by atoms with E-state index in [9.17, 15) is 9.59 Å². The first-order valence-corrected chi connectivity index (χ1v) is 9.06. The fourth-order valence-electron chi connectivity index (χ4n) is 2.88. The van der Waals surface area contributed by atoms with Crippen LogP contribution in [-0.4, -0.2) is 29.0 Å². The molecule has 0 saturated heterocycles. The average molecular weight is 365 g/mol. The fourth-order valence-corrected chi connectivity index (χ4v) is 2.88. The number of hydrogen-bond donors (Lipinski definition) is 2. The van der Waals surface area contributed by atoms with Crippen LogP contribution in [0.5, 0.6) is 5.75 Å². The zero-order chi connectivity index (χ0) is 19.2. The van der Waals surface area contributed by atoms with Crippen molar-refractivity contribution in [3.8, 4) is 5.75 Å². The van der Waals surface area contributed by atoms with E-state index < -0.39 is 5.56 Å². The standard InChI is InChI=1S/C21H23N3O3/c1-3-12-27-19-14(2)4-5-16-13-17(21(26)24-18(16)19)20(25)23-11-8-15-6-9-22-10-7-15/h4-7,9-10,13H,3,8,11-12H2,1-2H3,(H,23,25)(H,24,26). The molecule has 6 nitrogen and oxygen atoms in total. The molecule has 0 radical (unpaired) electrons. The second-order valence-electron chi connectivity index (χ2n) is 6.40. The van der Waals surface area contributed by atoms with Gasteiger partial charge in [0.25, 0.3) is 11.5 Å². The lowest BCUT2D eigenvalue weighted by atomic mass is 10.1. The summed E-state index contributed by atoms with van der Waals surface area (Å²) in [6, 6.07) is 9.22. The highest BCUT2D eigenvalue weighted by Gasteiger charge is 2.14. The second kappa shape index (κ2) is 8.49. The zero-order valence-corrected chi connectivity index (χ0v) is 15.5. The van der Waals surface area contributed by atoms with Gasteiger partial charge >= 0.3 is 0 Å². The molecule has 0 fully saturated rings. The molecular weight excluding hydrogens is 342 g/mol. The molecule has 0 spiro atoms. The molecule has 0 aliphatic rings. The number of hydrogen-bond acceptors (Lipinski definition) is 4. The van der Waals surface area contributed by atoms with E-state index in [0.29, 0.717) is 30.8 Å². The fraction of sp³-hybridized carbons (Fsp3) is 0.286. The van der Waals surface area contributed by atoms with Crippen LogP contribution in [0.1, 0.15) is 34.8 Å². The minimum absolute atomic E-state index is 0.0996. The van der Waals surface area contributed by atoms with E-state index >= 15 is 0 Å². The second-order valence-corrected chi connectivity index (χ2v) is 6.40. The van der Waals surface area contributed by atoms with Gasteiger partial charge in [0, 0.05) is 24.3 Å². The van der Waals surface area contributed by atoms with E-state index in [1.807, 2.05) is 38.1 Å². The van der Waals surface area contributed by atoms with E-state index in [-0.39, 0.29) is 11.5 Å². The normalized spacial score (nSPS) is 10.7. The molecule has 2 aromatic heterocycles. The van der Waals surface area contributed by atoms with Crippen LogP contribution in [0.15, 0.2) is 47.5 Å². The molecule has 140 valence electrons. The maximum atomic E-state index is 12.5. The zero-order valence-electron chi connectivity index (χ0n) is 15.5. The quantitative estimate of drug-likeness (QED) is 0.674. The van der Waals surface area contributed by atoms with Gasteiger partial charge in [0.2, 0.25) is 0 Å². The van der Waals surface area contributed by atoms with Crippen LogP contribution in [0.2, 0.25) is 0 Å². The summed E-state index contributed by atoms with van der Waals surface area (Å²) in [4.78, 5) is 31.7. The predicted octanol–water partition coefficient (Wildman–Crippen LogP) is 2.99. The molecule has 0 aliphatic heterocycles. The van der Waals surface area contributed by atoms with Gasteiger partial charge in [-0.25, -0.2) is 0 Å². The number of aryl methyl sites for hydroxylation is 1. The van der Waals surface area contributed by atoms with Crippen LogP contribution in [0.3, 0.4) is 0 Å². The summed E-state index contributed by atoms with van der Waals surface area (Å²) in [5, 5.41) is 3.57. The number of carbonyl (C=O) groups is 1. The van der Waals surface area contributed by atoms with Gasteiger partial charge in [-0.15, -0.1) is 0 Å². The first-order chi connectivity index (χ1) is 13.1. The lowest BCUT2D eigenvalue weighted by Crippen LogP contribution is -2.31. The summed E-state index contributed by atoms with van der Waals surface area (Å²) in [7, 11) is 0. The number of fused-ring (bicyclic) bond motifs is 1. The Kier molecular flexibility index (Phi) is 5.86. The van der Waals surface area contributed by atoms with Gasteiger partial charge in [-0.2, -0.15) is 0 Å². The molecule has 3 rings (SSSR count). The summed E-state index contributed by atoms with van der Waals surface area (Å²) in [6.07, 6.45) is 4.97. The average Bonchev–Trinajstić information content (AvgIpc) is 2.67. The third-order valence-corrected chi connectivity index (χ3v) is 4.31. The Morgan fingerprint density at radius 3 is 2.74 bits per heavy atom. The molecule has 2 N–H and O–H groups in total. The predicted molar refractivity (Wildman–Crippen MR) is 105 cm³/mol. The number of ether oxygens (including phenoxy) is 1. The van der Waals surface area contributed by atoms with Crippen molar-refractivity contribution in [1.82, 2.24) is 15.3 Å². The minimum Gasteiger partial charge on any atom is -0.491 e. The number of rotatable bonds is 7. The Balaban J connectivity index is 1.80. The Morgan fingerprint density at radius 2 is 2.00 bits per heavy atom. The van der Waals surface area contributed by atoms with Crippen LogP contribution >= 0.6 is 0 Å². The topological polar surface area (TPSA) is 84.1 Å². The number of nitrogens with one attached hydrogen (secondary N) is 2. The molecule has 1 amide bonds. The van der Waals surface area contributed by atoms with Gasteiger partial charge in [-0.1, -0.05) is 19.1 Å². The maximum Gasteiger partial charge on any atom is 0.261 e. The Bertz CT molecular complexity index is 997. The molecule has 0 unspecified atom stereocenters. The Labute approximate surface area is 157 Å². The van der Waals surface area contributed by atoms with E-state index in [1.165, 1.54) is 0 Å². The van der Waals surface area contributed by atoms with Crippen molar-refractivity contribution >= 4 is 16.8 Å². The van der Waals surface area contributed by atoms with E-state index in [0.717, 1.165) is 22.9 Å². The number of H-pyrrole nitrogens is 1. The number of carbonyl (C=O) groups excluding carboxylic acids is 1. The highest BCUT2D eigenvalue weighted by molar-refractivity contribution is 5.98. The number of pyridine rings is 2. The molecule has 0 bridgehead atoms. The van der Waals surface area contributed by atoms with Crippen molar-refractivity contribution in [3.63, 3.8) is 0 Å². The van der Waals surface area contributed by atoms with Crippen molar-refractivity contribution in [3.05, 3.63) is 69.8 Å². The van der Waals surface area contributed by atoms with Crippen molar-refractivity contribution in [2.45, 2.75) is 26.7 Å². The third kappa shape index (κ3) is 4.34. The first kappa shape index (κ1) is 18.6. The summed E-state index contributed by atoms with van der Waals surface area (Å²) >= 11 is 0. The van der Waals surface area contributed by atoms with Gasteiger partial charge in [-0.05, 0) is 49.1 Å². The van der Waals surface area contributed by atoms with Crippen LogP contribution in [0, 0.1) is 6.92 Å². The lowest BCUT2D eigenvalue weighted by molar-refractivity contribution is 0.0953. The van der Waals surface area contributed by atoms with Crippen LogP contribution < -0.4 is 15.6 Å². The largest absolute Gasteiger partial charge is 0.491 e. The van der Waals surface area contributed by atoms with Gasteiger partial charge in [0.1, 0.15) is 11.3 Å². The number of aromatic amines is 1. The van der Waals surface area contributed by atoms with E-state index in [1.54, 1.807) is 18.5 Å². The number of benzene rings is 1. The Hall–Kier alpha value is -3.15. The summed E-state index contributed by atoms with van der Waals surface area (Å²) < 4.78 is 5.79. The van der Waals surface area contributed by atoms with E-state index in [2.05, 4.69) is 15.3 Å². The molecule has 0 saturated carbocycles. The third-order valence-electron chi connectivity index (χ3n) is 4.31. The van der Waals surface area contributed by atoms with Crippen molar-refractivity contribution in [1.29, 1.82) is 0 Å². The summed E-state index contributed by atoms with van der Waals surface area (Å²) in [5.41, 5.74) is 2.33. The summed E-state index contributed by atoms with van der Waals surface area (Å²) in [6.45, 7) is 4.97. The van der Waals surface area contributed by atoms with Crippen LogP contribution in [0.4, 0.5) is 0 Å². The summed E-state index contributed by atoms with van der Waals surface area (Å²) in [5.74, 6) is 0.278. The maximum absolute atomic E-state index is 12.5. The highest BCUT2D eigenvalue weighted by Crippen LogP contribution is 2.27. The molecule has 0 aliphatic carbocycles. The van der Waals surface area contributed by atoms with Crippen molar-refractivity contribution in [2.75, 3.05) is 13.2 Å². The lowest BCUT2D eigenvalue weighted by Gasteiger charge is -2.12. The van der Waals surface area contributed by atoms with Crippen LogP contribution in [0.25, 0.3) is 10.9 Å². The first-order valence-electron chi connectivity index (χ1n) is 9.06. The molecule has 2 heterocycles. The van der Waals surface area contributed by atoms with Crippen molar-refractivity contribution < 1.29 is 9.53 Å². The number of aromatic nitrogens is 2. The van der Waals surface area contributed by atoms with Crippen LogP contribution in [-0.2, 0) is 6.42 Å². The molecule has 6 heteroatoms. The molecular formula is C21H23N3O3. The highest BCUT2D eigenvalue weighted by atomic mass is 16.5. The van der Waals surface area contributed by atoms with Gasteiger partial charge in [0.15, 0.2) is 0 Å². The van der Waals surface area contributed by atoms with Gasteiger partial charge < -0.3 is 15.0 Å². The molecule has 0 atom stereocenters. The number of amides is 1.